The number of alkyl carbamates (subject to hydrolysis) is 1. The summed E-state index contributed by atoms with van der Waals surface area (Å²) < 4.78 is 16.8. The Morgan fingerprint density at radius 2 is 0.918 bits per heavy atom. The molecule has 0 saturated heterocycles. The Morgan fingerprint density at radius 1 is 0.492 bits per heavy atom. The van der Waals surface area contributed by atoms with E-state index in [-0.39, 0.29) is 18.0 Å². The molecule has 0 aromatic heterocycles. The normalized spacial score (nSPS) is 12.2. The highest BCUT2D eigenvalue weighted by Crippen LogP contribution is 2.15. The van der Waals surface area contributed by atoms with Gasteiger partial charge >= 0.3 is 18.0 Å². The summed E-state index contributed by atoms with van der Waals surface area (Å²) in [6.07, 6.45) is 50.8. The van der Waals surface area contributed by atoms with Crippen molar-refractivity contribution in [3.05, 3.63) is 72.9 Å². The summed E-state index contributed by atoms with van der Waals surface area (Å²) in [5, 5.41) is 6.16. The molecule has 0 fully saturated rings. The fraction of sp³-hybridized carbons (Fsp3) is 0.712. The van der Waals surface area contributed by atoms with Crippen molar-refractivity contribution in [1.82, 2.24) is 15.5 Å². The zero-order valence-electron chi connectivity index (χ0n) is 39.5. The summed E-state index contributed by atoms with van der Waals surface area (Å²) in [4.78, 5) is 39.3. The highest BCUT2D eigenvalue weighted by molar-refractivity contribution is 5.69. The number of carbonyl (C=O) groups excluding carboxylic acids is 3. The lowest BCUT2D eigenvalue weighted by molar-refractivity contribution is -0.144. The van der Waals surface area contributed by atoms with Crippen molar-refractivity contribution in [2.45, 2.75) is 187 Å². The largest absolute Gasteiger partial charge is 0.466 e. The van der Waals surface area contributed by atoms with E-state index in [4.69, 9.17) is 14.2 Å². The zero-order chi connectivity index (χ0) is 44.5. The number of esters is 2. The molecule has 2 N–H and O–H groups in total. The molecule has 61 heavy (non-hydrogen) atoms. The van der Waals surface area contributed by atoms with E-state index in [0.717, 1.165) is 129 Å². The molecule has 0 aromatic carbocycles. The summed E-state index contributed by atoms with van der Waals surface area (Å²) in [6, 6.07) is 0. The minimum absolute atomic E-state index is 0.129. The van der Waals surface area contributed by atoms with Crippen molar-refractivity contribution in [2.75, 3.05) is 53.5 Å². The molecule has 0 bridgehead atoms. The summed E-state index contributed by atoms with van der Waals surface area (Å²) in [7, 11) is 4.06. The first-order valence-corrected chi connectivity index (χ1v) is 24.4. The molecule has 0 spiro atoms. The lowest BCUT2D eigenvalue weighted by Crippen LogP contribution is -2.36. The molecule has 350 valence electrons. The third-order valence-corrected chi connectivity index (χ3v) is 10.0. The van der Waals surface area contributed by atoms with E-state index >= 15 is 0 Å². The average molecular weight is 854 g/mol. The minimum Gasteiger partial charge on any atom is -0.466 e. The maximum atomic E-state index is 12.6. The molecular weight excluding hydrogens is 763 g/mol. The van der Waals surface area contributed by atoms with Crippen LogP contribution in [-0.2, 0) is 23.8 Å². The number of allylic oxidation sites excluding steroid dienone is 12. The predicted molar refractivity (Wildman–Crippen MR) is 258 cm³/mol. The second-order valence-corrected chi connectivity index (χ2v) is 16.1. The number of rotatable bonds is 43. The van der Waals surface area contributed by atoms with Gasteiger partial charge in [0, 0.05) is 39.0 Å². The zero-order valence-corrected chi connectivity index (χ0v) is 39.5. The second-order valence-electron chi connectivity index (χ2n) is 16.1. The Hall–Kier alpha value is -3.43. The van der Waals surface area contributed by atoms with Crippen LogP contribution in [0.25, 0.3) is 0 Å². The van der Waals surface area contributed by atoms with Crippen LogP contribution < -0.4 is 10.6 Å². The van der Waals surface area contributed by atoms with Crippen LogP contribution in [0.3, 0.4) is 0 Å². The van der Waals surface area contributed by atoms with Crippen LogP contribution in [0.4, 0.5) is 4.79 Å². The highest BCUT2D eigenvalue weighted by atomic mass is 16.6. The average Bonchev–Trinajstić information content (AvgIpc) is 3.24. The number of unbranched alkanes of at least 4 members (excludes halogenated alkanes) is 12. The molecule has 0 atom stereocenters. The smallest absolute Gasteiger partial charge is 0.407 e. The molecule has 0 unspecified atom stereocenters. The number of hydrogen-bond donors (Lipinski definition) is 2. The summed E-state index contributed by atoms with van der Waals surface area (Å²) in [5.41, 5.74) is 0. The van der Waals surface area contributed by atoms with Gasteiger partial charge in [0.1, 0.15) is 6.10 Å². The number of hydrogen-bond acceptors (Lipinski definition) is 8. The van der Waals surface area contributed by atoms with Gasteiger partial charge in [0.15, 0.2) is 0 Å². The van der Waals surface area contributed by atoms with Crippen molar-refractivity contribution in [2.24, 2.45) is 0 Å². The van der Waals surface area contributed by atoms with E-state index in [0.29, 0.717) is 52.0 Å². The van der Waals surface area contributed by atoms with Gasteiger partial charge in [-0.2, -0.15) is 0 Å². The Labute approximate surface area is 374 Å². The molecule has 0 aliphatic rings. The van der Waals surface area contributed by atoms with E-state index in [9.17, 15) is 14.4 Å². The monoisotopic (exact) mass is 854 g/mol. The molecule has 0 saturated carbocycles. The van der Waals surface area contributed by atoms with Crippen molar-refractivity contribution >= 4 is 18.0 Å². The van der Waals surface area contributed by atoms with E-state index in [1.54, 1.807) is 0 Å². The molecule has 0 aromatic rings. The SMILES string of the molecule is CC/C=C\C/C=C\C/C=C\CCCCCCCC(=O)OCCCCC(CCCCOC(=O)CCCCCCC/C=C\C/C=C\C/C=C\CC)OC(=O)NCCNCCN(C)C. The van der Waals surface area contributed by atoms with Gasteiger partial charge in [-0.25, -0.2) is 4.79 Å². The molecule has 0 radical (unpaired) electrons. The Morgan fingerprint density at radius 3 is 1.38 bits per heavy atom. The van der Waals surface area contributed by atoms with Gasteiger partial charge < -0.3 is 29.7 Å². The van der Waals surface area contributed by atoms with Crippen molar-refractivity contribution in [1.29, 1.82) is 0 Å². The number of ether oxygens (including phenoxy) is 3. The Kier molecular flexibility index (Phi) is 44.9. The predicted octanol–water partition coefficient (Wildman–Crippen LogP) is 12.8. The first-order chi connectivity index (χ1) is 29.9. The van der Waals surface area contributed by atoms with Gasteiger partial charge in [0.25, 0.3) is 0 Å². The number of likely N-dealkylation sites (N-methyl/N-ethyl adjacent to an activating group) is 1. The van der Waals surface area contributed by atoms with Crippen molar-refractivity contribution in [3.8, 4) is 0 Å². The molecule has 0 heterocycles. The maximum Gasteiger partial charge on any atom is 0.407 e. The van der Waals surface area contributed by atoms with Crippen molar-refractivity contribution < 1.29 is 28.6 Å². The molecule has 0 aliphatic heterocycles. The van der Waals surface area contributed by atoms with Gasteiger partial charge in [0.2, 0.25) is 0 Å². The topological polar surface area (TPSA) is 106 Å². The van der Waals surface area contributed by atoms with E-state index in [2.05, 4.69) is 102 Å². The molecule has 0 aliphatic carbocycles. The van der Waals surface area contributed by atoms with Gasteiger partial charge in [0.05, 0.1) is 13.2 Å². The molecule has 9 nitrogen and oxygen atoms in total. The lowest BCUT2D eigenvalue weighted by Gasteiger charge is -2.19. The van der Waals surface area contributed by atoms with Crippen LogP contribution in [0.15, 0.2) is 72.9 Å². The van der Waals surface area contributed by atoms with Gasteiger partial charge in [-0.15, -0.1) is 0 Å². The van der Waals surface area contributed by atoms with Crippen molar-refractivity contribution in [3.63, 3.8) is 0 Å². The molecule has 0 rings (SSSR count). The minimum atomic E-state index is -0.414. The number of carbonyl (C=O) groups is 3. The summed E-state index contributed by atoms with van der Waals surface area (Å²) in [6.45, 7) is 8.02. The van der Waals surface area contributed by atoms with E-state index in [1.807, 2.05) is 14.1 Å². The third-order valence-electron chi connectivity index (χ3n) is 10.0. The third kappa shape index (κ3) is 47.5. The number of nitrogens with one attached hydrogen (secondary N) is 2. The first-order valence-electron chi connectivity index (χ1n) is 24.4. The summed E-state index contributed by atoms with van der Waals surface area (Å²) in [5.74, 6) is -0.257. The van der Waals surface area contributed by atoms with Crippen LogP contribution >= 0.6 is 0 Å². The lowest BCUT2D eigenvalue weighted by atomic mass is 10.1. The fourth-order valence-electron chi connectivity index (χ4n) is 6.38. The van der Waals surface area contributed by atoms with E-state index < -0.39 is 6.09 Å². The second kappa shape index (κ2) is 47.6. The first kappa shape index (κ1) is 57.6. The molecule has 9 heteroatoms. The van der Waals surface area contributed by atoms with Crippen LogP contribution in [0.1, 0.15) is 181 Å². The van der Waals surface area contributed by atoms with E-state index in [1.165, 1.54) is 25.7 Å². The van der Waals surface area contributed by atoms with Crippen LogP contribution in [0.5, 0.6) is 0 Å². The van der Waals surface area contributed by atoms with Crippen LogP contribution in [0.2, 0.25) is 0 Å². The van der Waals surface area contributed by atoms with Crippen LogP contribution in [-0.4, -0.2) is 82.5 Å². The van der Waals surface area contributed by atoms with Gasteiger partial charge in [-0.3, -0.25) is 9.59 Å². The van der Waals surface area contributed by atoms with Gasteiger partial charge in [-0.05, 0) is 130 Å². The number of nitrogens with zero attached hydrogens (tertiary/aromatic N) is 1. The standard InChI is InChI=1S/C52H91N3O6/c1-5-7-9-11-13-15-17-19-21-23-25-27-29-31-33-41-50(56)59-47-37-35-39-49(61-52(58)54-44-43-53-45-46-55(3)4)40-36-38-48-60-51(57)42-34-32-30-28-26-24-22-20-18-16-14-12-10-8-6-2/h7-10,13-16,19-22,49,53H,5-6,11-12,17-18,23-48H2,1-4H3,(H,54,58)/b9-7-,10-8-,15-13-,16-14-,21-19-,22-20-. The quantitative estimate of drug-likeness (QED) is 0.0270. The molecular formula is C52H91N3O6. The summed E-state index contributed by atoms with van der Waals surface area (Å²) >= 11 is 0. The maximum absolute atomic E-state index is 12.6. The number of amides is 1. The van der Waals surface area contributed by atoms with Crippen LogP contribution in [0, 0.1) is 0 Å². The molecule has 1 amide bonds. The Bertz CT molecular complexity index is 1120. The van der Waals surface area contributed by atoms with Gasteiger partial charge in [-0.1, -0.05) is 125 Å². The fourth-order valence-corrected chi connectivity index (χ4v) is 6.38. The highest BCUT2D eigenvalue weighted by Gasteiger charge is 2.15. The Balaban J connectivity index is 4.21.